The quantitative estimate of drug-likeness (QED) is 0.307. The first-order valence-corrected chi connectivity index (χ1v) is 11.9. The maximum atomic E-state index is 15.0. The zero-order valence-corrected chi connectivity index (χ0v) is 20.9. The van der Waals surface area contributed by atoms with Gasteiger partial charge in [0.15, 0.2) is 11.5 Å². The van der Waals surface area contributed by atoms with Crippen LogP contribution < -0.4 is 20.3 Å². The van der Waals surface area contributed by atoms with E-state index in [1.54, 1.807) is 36.5 Å². The Morgan fingerprint density at radius 2 is 1.59 bits per heavy atom. The van der Waals surface area contributed by atoms with Crippen molar-refractivity contribution in [2.45, 2.75) is 33.5 Å². The molecule has 2 heterocycles. The van der Waals surface area contributed by atoms with Crippen molar-refractivity contribution in [3.05, 3.63) is 118 Å². The highest BCUT2D eigenvalue weighted by molar-refractivity contribution is 5.95. The molecule has 4 aromatic rings. The fourth-order valence-electron chi connectivity index (χ4n) is 4.06. The van der Waals surface area contributed by atoms with Gasteiger partial charge in [0.25, 0.3) is 5.91 Å². The lowest BCUT2D eigenvalue weighted by Crippen LogP contribution is -2.37. The molecular weight excluding hydrogens is 476 g/mol. The molecule has 1 unspecified atom stereocenters. The minimum atomic E-state index is -1.48. The van der Waals surface area contributed by atoms with Crippen molar-refractivity contribution in [2.24, 2.45) is 0 Å². The summed E-state index contributed by atoms with van der Waals surface area (Å²) in [6, 6.07) is 19.0. The average molecular weight is 504 g/mol. The van der Waals surface area contributed by atoms with Gasteiger partial charge in [0.1, 0.15) is 17.5 Å². The van der Waals surface area contributed by atoms with E-state index < -0.39 is 23.3 Å². The molecule has 1 amide bonds. The van der Waals surface area contributed by atoms with Gasteiger partial charge >= 0.3 is 5.79 Å². The number of anilines is 1. The summed E-state index contributed by atoms with van der Waals surface area (Å²) >= 11 is 0. The van der Waals surface area contributed by atoms with E-state index in [2.05, 4.69) is 15.8 Å². The molecule has 0 bridgehead atoms. The number of benzene rings is 3. The number of hydrogen-bond donors (Lipinski definition) is 2. The number of ether oxygens (including phenoxy) is 2. The van der Waals surface area contributed by atoms with E-state index in [0.29, 0.717) is 16.9 Å². The van der Waals surface area contributed by atoms with Gasteiger partial charge in [0.2, 0.25) is 0 Å². The second-order valence-corrected chi connectivity index (χ2v) is 8.22. The van der Waals surface area contributed by atoms with Crippen molar-refractivity contribution in [1.82, 2.24) is 10.4 Å². The van der Waals surface area contributed by atoms with Crippen LogP contribution in [-0.4, -0.2) is 10.9 Å². The van der Waals surface area contributed by atoms with Gasteiger partial charge in [-0.05, 0) is 61.9 Å². The topological polar surface area (TPSA) is 72.5 Å². The number of halogens is 2. The molecule has 1 aromatic heterocycles. The van der Waals surface area contributed by atoms with Crippen LogP contribution in [0.5, 0.6) is 11.5 Å². The zero-order valence-electron chi connectivity index (χ0n) is 20.9. The molecular formula is C29H27F2N3O3. The van der Waals surface area contributed by atoms with Crippen LogP contribution in [0, 0.1) is 25.5 Å². The predicted molar refractivity (Wildman–Crippen MR) is 137 cm³/mol. The number of pyridine rings is 1. The van der Waals surface area contributed by atoms with Crippen LogP contribution >= 0.6 is 0 Å². The van der Waals surface area contributed by atoms with Crippen LogP contribution in [0.3, 0.4) is 0 Å². The lowest BCUT2D eigenvalue weighted by atomic mass is 9.92. The predicted octanol–water partition coefficient (Wildman–Crippen LogP) is 6.43. The third-order valence-electron chi connectivity index (χ3n) is 5.72. The Morgan fingerprint density at radius 1 is 0.892 bits per heavy atom. The van der Waals surface area contributed by atoms with Crippen molar-refractivity contribution in [2.75, 3.05) is 5.43 Å². The van der Waals surface area contributed by atoms with Crippen LogP contribution in [0.15, 0.2) is 79.0 Å². The molecule has 3 aromatic carbocycles. The molecule has 0 aliphatic carbocycles. The van der Waals surface area contributed by atoms with E-state index in [4.69, 9.17) is 9.47 Å². The van der Waals surface area contributed by atoms with E-state index in [1.807, 2.05) is 45.9 Å². The van der Waals surface area contributed by atoms with Crippen molar-refractivity contribution >= 4 is 11.7 Å². The largest absolute Gasteiger partial charge is 0.440 e. The average Bonchev–Trinajstić information content (AvgIpc) is 3.28. The number of nitrogens with one attached hydrogen (secondary N) is 2. The number of aryl methyl sites for hydroxylation is 2. The number of carbonyl (C=O) groups excluding carboxylic acids is 1. The van der Waals surface area contributed by atoms with Crippen LogP contribution in [0.2, 0.25) is 0 Å². The number of hydrazine groups is 1. The Morgan fingerprint density at radius 3 is 2.24 bits per heavy atom. The first-order valence-electron chi connectivity index (χ1n) is 11.9. The zero-order chi connectivity index (χ0) is 26.6. The fraction of sp³-hybridized carbons (Fsp3) is 0.172. The molecule has 0 saturated carbocycles. The lowest BCUT2D eigenvalue weighted by Gasteiger charge is -2.30. The Bertz CT molecular complexity index is 1410. The molecule has 5 rings (SSSR count). The number of hydrogen-bond acceptors (Lipinski definition) is 5. The lowest BCUT2D eigenvalue weighted by molar-refractivity contribution is -0.0465. The second kappa shape index (κ2) is 10.7. The Balaban J connectivity index is 0.00000156. The molecule has 0 fully saturated rings. The fourth-order valence-corrected chi connectivity index (χ4v) is 4.06. The molecule has 37 heavy (non-hydrogen) atoms. The Labute approximate surface area is 214 Å². The normalized spacial score (nSPS) is 15.4. The van der Waals surface area contributed by atoms with Gasteiger partial charge in [-0.3, -0.25) is 15.6 Å². The molecule has 6 nitrogen and oxygen atoms in total. The van der Waals surface area contributed by atoms with Gasteiger partial charge in [0, 0.05) is 23.4 Å². The van der Waals surface area contributed by atoms with E-state index in [1.165, 1.54) is 18.2 Å². The molecule has 0 radical (unpaired) electrons. The summed E-state index contributed by atoms with van der Waals surface area (Å²) in [4.78, 5) is 16.7. The highest BCUT2D eigenvalue weighted by atomic mass is 19.1. The first kappa shape index (κ1) is 25.6. The molecule has 0 spiro atoms. The third kappa shape index (κ3) is 5.09. The summed E-state index contributed by atoms with van der Waals surface area (Å²) in [7, 11) is 0. The highest BCUT2D eigenvalue weighted by Crippen LogP contribution is 2.49. The molecule has 1 atom stereocenters. The SMILES string of the molecule is CC.Cc1ccc(C2(c3ccc(F)cc3)Oc3cc(F)c(C(=O)NNc4ccccn4)cc3O2)c(C)c1. The van der Waals surface area contributed by atoms with Gasteiger partial charge in [-0.25, -0.2) is 13.8 Å². The minimum absolute atomic E-state index is 0.126. The second-order valence-electron chi connectivity index (χ2n) is 8.22. The van der Waals surface area contributed by atoms with Crippen molar-refractivity contribution in [3.63, 3.8) is 0 Å². The van der Waals surface area contributed by atoms with Crippen molar-refractivity contribution < 1.29 is 23.0 Å². The number of carbonyl (C=O) groups is 1. The Kier molecular flexibility index (Phi) is 7.38. The number of aromatic nitrogens is 1. The third-order valence-corrected chi connectivity index (χ3v) is 5.72. The summed E-state index contributed by atoms with van der Waals surface area (Å²) in [5.41, 5.74) is 7.93. The van der Waals surface area contributed by atoms with E-state index in [0.717, 1.165) is 17.2 Å². The molecule has 2 N–H and O–H groups in total. The number of nitrogens with zero attached hydrogens (tertiary/aromatic N) is 1. The smallest absolute Gasteiger partial charge is 0.305 e. The number of fused-ring (bicyclic) bond motifs is 1. The first-order chi connectivity index (χ1) is 17.9. The monoisotopic (exact) mass is 503 g/mol. The molecule has 190 valence electrons. The van der Waals surface area contributed by atoms with Crippen LogP contribution in [0.1, 0.15) is 46.5 Å². The van der Waals surface area contributed by atoms with Crippen molar-refractivity contribution in [3.8, 4) is 11.5 Å². The number of amides is 1. The van der Waals surface area contributed by atoms with Gasteiger partial charge < -0.3 is 9.47 Å². The molecule has 1 aliphatic heterocycles. The number of rotatable bonds is 5. The van der Waals surface area contributed by atoms with Gasteiger partial charge in [-0.1, -0.05) is 43.7 Å². The maximum Gasteiger partial charge on any atom is 0.305 e. The van der Waals surface area contributed by atoms with Crippen LogP contribution in [-0.2, 0) is 5.79 Å². The summed E-state index contributed by atoms with van der Waals surface area (Å²) in [5, 5.41) is 0. The molecule has 8 heteroatoms. The maximum absolute atomic E-state index is 15.0. The van der Waals surface area contributed by atoms with Crippen LogP contribution in [0.4, 0.5) is 14.6 Å². The summed E-state index contributed by atoms with van der Waals surface area (Å²) in [5.74, 6) is -2.70. The van der Waals surface area contributed by atoms with Gasteiger partial charge in [0.05, 0.1) is 5.56 Å². The van der Waals surface area contributed by atoms with Gasteiger partial charge in [-0.15, -0.1) is 0 Å². The van der Waals surface area contributed by atoms with E-state index in [-0.39, 0.29) is 17.1 Å². The highest BCUT2D eigenvalue weighted by Gasteiger charge is 2.47. The van der Waals surface area contributed by atoms with Crippen molar-refractivity contribution in [1.29, 1.82) is 0 Å². The van der Waals surface area contributed by atoms with E-state index in [9.17, 15) is 13.6 Å². The summed E-state index contributed by atoms with van der Waals surface area (Å²) in [6.45, 7) is 7.87. The minimum Gasteiger partial charge on any atom is -0.440 e. The summed E-state index contributed by atoms with van der Waals surface area (Å²) in [6.07, 6.45) is 1.55. The molecule has 1 aliphatic rings. The summed E-state index contributed by atoms with van der Waals surface area (Å²) < 4.78 is 41.2. The van der Waals surface area contributed by atoms with Gasteiger partial charge in [-0.2, -0.15) is 0 Å². The molecule has 0 saturated heterocycles. The Hall–Kier alpha value is -4.46. The van der Waals surface area contributed by atoms with E-state index >= 15 is 0 Å². The van der Waals surface area contributed by atoms with Crippen LogP contribution in [0.25, 0.3) is 0 Å². The standard InChI is InChI=1S/C27H21F2N3O3.C2H6/c1-16-6-11-21(17(2)13-16)27(18-7-9-19(28)10-8-18)34-23-14-20(22(29)15-24(23)35-27)26(33)32-31-25-5-3-4-12-30-25;1-2/h3-15H,1-2H3,(H,30,31)(H,32,33);1-2H3.